The van der Waals surface area contributed by atoms with Gasteiger partial charge in [-0.1, -0.05) is 6.07 Å². The Kier molecular flexibility index (Phi) is 5.50. The molecule has 144 valence electrons. The van der Waals surface area contributed by atoms with E-state index in [1.165, 1.54) is 29.8 Å². The van der Waals surface area contributed by atoms with Crippen molar-refractivity contribution >= 4 is 15.9 Å². The Balaban J connectivity index is 1.64. The second-order valence-corrected chi connectivity index (χ2v) is 8.72. The van der Waals surface area contributed by atoms with Crippen LogP contribution in [0.2, 0.25) is 0 Å². The fourth-order valence-electron chi connectivity index (χ4n) is 3.48. The van der Waals surface area contributed by atoms with Crippen molar-refractivity contribution in [2.24, 2.45) is 5.92 Å². The second-order valence-electron chi connectivity index (χ2n) is 6.73. The summed E-state index contributed by atoms with van der Waals surface area (Å²) < 4.78 is 49.5. The lowest BCUT2D eigenvalue weighted by Gasteiger charge is -2.21. The van der Waals surface area contributed by atoms with Crippen LogP contribution < -0.4 is 4.74 Å². The number of carbonyl (C=O) groups excluding carboxylic acids is 1. The van der Waals surface area contributed by atoms with Gasteiger partial charge in [0.25, 0.3) is 0 Å². The molecule has 0 radical (unpaired) electrons. The first kappa shape index (κ1) is 19.1. The molecule has 1 aromatic carbocycles. The average molecular weight is 386 g/mol. The standard InChI is InChI=1S/C17H23FN2O5S/c1-24-15-4-3-12(7-14(15)18)8-17(21)19-9-13-10-20(26(2,22)23)5-6-25-16(13)11-19/h3-4,7,13,16H,5-6,8-11H2,1-2H3/t13-,16-/m1/s1. The third-order valence-corrected chi connectivity index (χ3v) is 6.15. The van der Waals surface area contributed by atoms with Gasteiger partial charge in [0.05, 0.1) is 32.5 Å². The topological polar surface area (TPSA) is 76.2 Å². The van der Waals surface area contributed by atoms with Crippen molar-refractivity contribution in [1.82, 2.24) is 9.21 Å². The van der Waals surface area contributed by atoms with Crippen molar-refractivity contribution in [2.75, 3.05) is 46.2 Å². The zero-order valence-corrected chi connectivity index (χ0v) is 15.7. The van der Waals surface area contributed by atoms with Crippen LogP contribution in [0.25, 0.3) is 0 Å². The lowest BCUT2D eigenvalue weighted by molar-refractivity contribution is -0.130. The maximum absolute atomic E-state index is 13.8. The van der Waals surface area contributed by atoms with Crippen LogP contribution in [0.5, 0.6) is 5.75 Å². The second kappa shape index (κ2) is 7.50. The van der Waals surface area contributed by atoms with Crippen LogP contribution >= 0.6 is 0 Å². The highest BCUT2D eigenvalue weighted by atomic mass is 32.2. The minimum absolute atomic E-state index is 0.0521. The summed E-state index contributed by atoms with van der Waals surface area (Å²) in [5, 5.41) is 0. The molecule has 1 amide bonds. The number of rotatable bonds is 4. The lowest BCUT2D eigenvalue weighted by Crippen LogP contribution is -2.37. The van der Waals surface area contributed by atoms with E-state index >= 15 is 0 Å². The molecule has 26 heavy (non-hydrogen) atoms. The molecule has 2 atom stereocenters. The Labute approximate surface area is 152 Å². The molecule has 0 saturated carbocycles. The number of nitrogens with zero attached hydrogens (tertiary/aromatic N) is 2. The van der Waals surface area contributed by atoms with E-state index in [2.05, 4.69) is 0 Å². The Hall–Kier alpha value is -1.71. The number of fused-ring (bicyclic) bond motifs is 1. The molecule has 2 aliphatic rings. The minimum Gasteiger partial charge on any atom is -0.494 e. The van der Waals surface area contributed by atoms with Crippen LogP contribution in [0, 0.1) is 11.7 Å². The maximum Gasteiger partial charge on any atom is 0.227 e. The summed E-state index contributed by atoms with van der Waals surface area (Å²) in [7, 11) is -1.90. The van der Waals surface area contributed by atoms with Gasteiger partial charge in [0.1, 0.15) is 0 Å². The summed E-state index contributed by atoms with van der Waals surface area (Å²) >= 11 is 0. The molecular weight excluding hydrogens is 363 g/mol. The van der Waals surface area contributed by atoms with Crippen LogP contribution in [0.1, 0.15) is 5.56 Å². The van der Waals surface area contributed by atoms with E-state index in [4.69, 9.17) is 9.47 Å². The number of likely N-dealkylation sites (tertiary alicyclic amines) is 1. The molecule has 2 heterocycles. The molecule has 0 aromatic heterocycles. The molecule has 0 spiro atoms. The van der Waals surface area contributed by atoms with Gasteiger partial charge in [0.2, 0.25) is 15.9 Å². The number of methoxy groups -OCH3 is 1. The quantitative estimate of drug-likeness (QED) is 0.753. The fraction of sp³-hybridized carbons (Fsp3) is 0.588. The Morgan fingerprint density at radius 1 is 1.35 bits per heavy atom. The molecule has 0 unspecified atom stereocenters. The third-order valence-electron chi connectivity index (χ3n) is 4.89. The molecule has 2 aliphatic heterocycles. The van der Waals surface area contributed by atoms with E-state index in [0.717, 1.165) is 0 Å². The van der Waals surface area contributed by atoms with Crippen molar-refractivity contribution in [3.63, 3.8) is 0 Å². The van der Waals surface area contributed by atoms with E-state index < -0.39 is 15.8 Å². The fourth-order valence-corrected chi connectivity index (χ4v) is 4.34. The zero-order chi connectivity index (χ0) is 18.9. The number of halogens is 1. The molecule has 2 saturated heterocycles. The highest BCUT2D eigenvalue weighted by Crippen LogP contribution is 2.26. The number of hydrogen-bond acceptors (Lipinski definition) is 5. The van der Waals surface area contributed by atoms with E-state index in [1.54, 1.807) is 11.0 Å². The Bertz CT molecular complexity index is 785. The van der Waals surface area contributed by atoms with Crippen molar-refractivity contribution in [3.8, 4) is 5.75 Å². The first-order valence-electron chi connectivity index (χ1n) is 8.45. The SMILES string of the molecule is COc1ccc(CC(=O)N2C[C@@H]3CN(S(C)(=O)=O)CCO[C@@H]3C2)cc1F. The molecule has 1 aromatic rings. The van der Waals surface area contributed by atoms with E-state index in [1.807, 2.05) is 0 Å². The molecule has 9 heteroatoms. The first-order valence-corrected chi connectivity index (χ1v) is 10.3. The summed E-state index contributed by atoms with van der Waals surface area (Å²) in [5.74, 6) is -0.545. The van der Waals surface area contributed by atoms with Gasteiger partial charge in [-0.25, -0.2) is 12.8 Å². The number of hydrogen-bond donors (Lipinski definition) is 0. The van der Waals surface area contributed by atoms with Crippen LogP contribution in [0.4, 0.5) is 4.39 Å². The molecule has 7 nitrogen and oxygen atoms in total. The van der Waals surface area contributed by atoms with Crippen LogP contribution in [0.3, 0.4) is 0 Å². The highest BCUT2D eigenvalue weighted by molar-refractivity contribution is 7.88. The maximum atomic E-state index is 13.8. The van der Waals surface area contributed by atoms with Crippen molar-refractivity contribution < 1.29 is 27.1 Å². The van der Waals surface area contributed by atoms with Crippen molar-refractivity contribution in [1.29, 1.82) is 0 Å². The summed E-state index contributed by atoms with van der Waals surface area (Å²) in [4.78, 5) is 14.2. The highest BCUT2D eigenvalue weighted by Gasteiger charge is 2.39. The summed E-state index contributed by atoms with van der Waals surface area (Å²) in [6, 6.07) is 4.46. The predicted octanol–water partition coefficient (Wildman–Crippen LogP) is 0.496. The Morgan fingerprint density at radius 2 is 2.12 bits per heavy atom. The van der Waals surface area contributed by atoms with Gasteiger partial charge < -0.3 is 14.4 Å². The van der Waals surface area contributed by atoms with Crippen LogP contribution in [-0.2, 0) is 26.0 Å². The van der Waals surface area contributed by atoms with Crippen LogP contribution in [0.15, 0.2) is 18.2 Å². The molecule has 3 rings (SSSR count). The minimum atomic E-state index is -3.29. The van der Waals surface area contributed by atoms with Gasteiger partial charge in [-0.15, -0.1) is 0 Å². The van der Waals surface area contributed by atoms with Gasteiger partial charge in [0, 0.05) is 32.1 Å². The average Bonchev–Trinajstić information content (AvgIpc) is 2.85. The van der Waals surface area contributed by atoms with E-state index in [0.29, 0.717) is 38.3 Å². The predicted molar refractivity (Wildman–Crippen MR) is 92.9 cm³/mol. The molecule has 0 aliphatic carbocycles. The van der Waals surface area contributed by atoms with Gasteiger partial charge in [0.15, 0.2) is 11.6 Å². The van der Waals surface area contributed by atoms with E-state index in [9.17, 15) is 17.6 Å². The molecule has 0 bridgehead atoms. The Morgan fingerprint density at radius 3 is 2.77 bits per heavy atom. The first-order chi connectivity index (χ1) is 12.3. The van der Waals surface area contributed by atoms with Gasteiger partial charge in [-0.2, -0.15) is 4.31 Å². The van der Waals surface area contributed by atoms with Gasteiger partial charge in [-0.05, 0) is 17.7 Å². The molecular formula is C17H23FN2O5S. The van der Waals surface area contributed by atoms with Crippen LogP contribution in [-0.4, -0.2) is 75.8 Å². The number of amides is 1. The third kappa shape index (κ3) is 4.16. The van der Waals surface area contributed by atoms with Gasteiger partial charge in [-0.3, -0.25) is 4.79 Å². The summed E-state index contributed by atoms with van der Waals surface area (Å²) in [6.07, 6.45) is 1.10. The summed E-state index contributed by atoms with van der Waals surface area (Å²) in [6.45, 7) is 1.88. The van der Waals surface area contributed by atoms with Crippen molar-refractivity contribution in [3.05, 3.63) is 29.6 Å². The number of benzene rings is 1. The number of carbonyl (C=O) groups is 1. The number of ether oxygens (including phenoxy) is 2. The smallest absolute Gasteiger partial charge is 0.227 e. The largest absolute Gasteiger partial charge is 0.494 e. The lowest BCUT2D eigenvalue weighted by atomic mass is 10.1. The van der Waals surface area contributed by atoms with E-state index in [-0.39, 0.29) is 30.1 Å². The summed E-state index contributed by atoms with van der Waals surface area (Å²) in [5.41, 5.74) is 0.569. The normalized spacial score (nSPS) is 24.2. The van der Waals surface area contributed by atoms with Crippen molar-refractivity contribution in [2.45, 2.75) is 12.5 Å². The van der Waals surface area contributed by atoms with Gasteiger partial charge >= 0.3 is 0 Å². The molecule has 2 fully saturated rings. The zero-order valence-electron chi connectivity index (χ0n) is 14.9. The monoisotopic (exact) mass is 386 g/mol. The molecule has 0 N–H and O–H groups in total. The number of sulfonamides is 1.